The van der Waals surface area contributed by atoms with Crippen molar-refractivity contribution in [2.75, 3.05) is 7.11 Å². The summed E-state index contributed by atoms with van der Waals surface area (Å²) in [6.07, 6.45) is -2.88. The van der Waals surface area contributed by atoms with Crippen LogP contribution in [0.4, 0.5) is 13.2 Å². The highest BCUT2D eigenvalue weighted by atomic mass is 19.4. The molecule has 5 nitrogen and oxygen atoms in total. The lowest BCUT2D eigenvalue weighted by molar-refractivity contribution is -0.254. The SMILES string of the molecule is C=C(C(=O)OC)C(O)(c1nccn1C)C(F)(F)F. The number of aliphatic hydroxyl groups is 1. The number of ether oxygens (including phenoxy) is 1. The fraction of sp³-hybridized carbons (Fsp3) is 0.400. The third-order valence-corrected chi connectivity index (χ3v) is 2.42. The van der Waals surface area contributed by atoms with Crippen molar-refractivity contribution in [3.05, 3.63) is 30.4 Å². The van der Waals surface area contributed by atoms with Gasteiger partial charge in [0.15, 0.2) is 5.82 Å². The molecule has 0 saturated heterocycles. The number of alkyl halides is 3. The van der Waals surface area contributed by atoms with Crippen LogP contribution < -0.4 is 0 Å². The van der Waals surface area contributed by atoms with Gasteiger partial charge in [-0.05, 0) is 0 Å². The van der Waals surface area contributed by atoms with Gasteiger partial charge in [-0.1, -0.05) is 6.58 Å². The first kappa shape index (κ1) is 14.2. The molecular formula is C10H11F3N2O3. The van der Waals surface area contributed by atoms with Crippen LogP contribution in [-0.4, -0.2) is 33.9 Å². The second-order valence-corrected chi connectivity index (χ2v) is 3.54. The molecule has 1 N–H and O–H groups in total. The van der Waals surface area contributed by atoms with Crippen LogP contribution in [0.2, 0.25) is 0 Å². The van der Waals surface area contributed by atoms with Crippen LogP contribution in [0, 0.1) is 0 Å². The molecule has 100 valence electrons. The molecule has 1 atom stereocenters. The quantitative estimate of drug-likeness (QED) is 0.650. The summed E-state index contributed by atoms with van der Waals surface area (Å²) in [5.41, 5.74) is -4.73. The minimum absolute atomic E-state index is 0.759. The molecule has 0 radical (unpaired) electrons. The molecule has 0 aliphatic carbocycles. The number of esters is 1. The maximum absolute atomic E-state index is 13.0. The lowest BCUT2D eigenvalue weighted by Crippen LogP contribution is -2.47. The first-order chi connectivity index (χ1) is 8.16. The van der Waals surface area contributed by atoms with Gasteiger partial charge in [-0.25, -0.2) is 9.78 Å². The zero-order valence-corrected chi connectivity index (χ0v) is 9.65. The summed E-state index contributed by atoms with van der Waals surface area (Å²) in [5.74, 6) is -2.12. The predicted molar refractivity (Wildman–Crippen MR) is 54.3 cm³/mol. The Balaban J connectivity index is 3.43. The van der Waals surface area contributed by atoms with Gasteiger partial charge in [0.25, 0.3) is 5.60 Å². The van der Waals surface area contributed by atoms with Gasteiger partial charge in [0.05, 0.1) is 12.7 Å². The molecule has 1 aromatic heterocycles. The van der Waals surface area contributed by atoms with Gasteiger partial charge in [-0.3, -0.25) is 0 Å². The van der Waals surface area contributed by atoms with Crippen LogP contribution in [0.1, 0.15) is 5.82 Å². The number of hydrogen-bond acceptors (Lipinski definition) is 4. The van der Waals surface area contributed by atoms with Gasteiger partial charge in [-0.15, -0.1) is 0 Å². The summed E-state index contributed by atoms with van der Waals surface area (Å²) in [6, 6.07) is 0. The average Bonchev–Trinajstić information content (AvgIpc) is 2.71. The van der Waals surface area contributed by atoms with E-state index in [-0.39, 0.29) is 0 Å². The summed E-state index contributed by atoms with van der Waals surface area (Å²) >= 11 is 0. The maximum atomic E-state index is 13.0. The van der Waals surface area contributed by atoms with Crippen LogP contribution in [0.5, 0.6) is 0 Å². The number of aromatic nitrogens is 2. The van der Waals surface area contributed by atoms with E-state index in [1.54, 1.807) is 0 Å². The van der Waals surface area contributed by atoms with E-state index in [0.29, 0.717) is 0 Å². The largest absolute Gasteiger partial charge is 0.466 e. The molecule has 1 heterocycles. The molecule has 0 aromatic carbocycles. The Hall–Kier alpha value is -1.83. The van der Waals surface area contributed by atoms with Gasteiger partial charge < -0.3 is 14.4 Å². The van der Waals surface area contributed by atoms with Crippen LogP contribution >= 0.6 is 0 Å². The average molecular weight is 264 g/mol. The Kier molecular flexibility index (Phi) is 3.52. The molecule has 1 rings (SSSR count). The topological polar surface area (TPSA) is 64.3 Å². The van der Waals surface area contributed by atoms with Crippen molar-refractivity contribution in [1.82, 2.24) is 9.55 Å². The van der Waals surface area contributed by atoms with Crippen molar-refractivity contribution >= 4 is 5.97 Å². The molecular weight excluding hydrogens is 253 g/mol. The number of carbonyl (C=O) groups excluding carboxylic acids is 1. The zero-order valence-electron chi connectivity index (χ0n) is 9.65. The molecule has 18 heavy (non-hydrogen) atoms. The van der Waals surface area contributed by atoms with Gasteiger partial charge in [-0.2, -0.15) is 13.2 Å². The van der Waals surface area contributed by atoms with Crippen LogP contribution in [-0.2, 0) is 22.2 Å². The van der Waals surface area contributed by atoms with Gasteiger partial charge in [0.1, 0.15) is 0 Å². The standard InChI is InChI=1S/C10H11F3N2O3/c1-6(7(16)18-3)9(17,10(11,12)13)8-14-4-5-15(8)2/h4-5,17H,1H2,2-3H3. The molecule has 1 aromatic rings. The number of aryl methyl sites for hydroxylation is 1. The summed E-state index contributed by atoms with van der Waals surface area (Å²) in [5, 5.41) is 9.85. The second-order valence-electron chi connectivity index (χ2n) is 3.54. The summed E-state index contributed by atoms with van der Waals surface area (Å²) in [4.78, 5) is 14.6. The first-order valence-electron chi connectivity index (χ1n) is 4.70. The number of hydrogen-bond donors (Lipinski definition) is 1. The van der Waals surface area contributed by atoms with Crippen LogP contribution in [0.25, 0.3) is 0 Å². The monoisotopic (exact) mass is 264 g/mol. The van der Waals surface area contributed by atoms with Crippen molar-refractivity contribution in [1.29, 1.82) is 0 Å². The molecule has 0 saturated carbocycles. The summed E-state index contributed by atoms with van der Waals surface area (Å²) in [6.45, 7) is 2.96. The smallest absolute Gasteiger partial charge is 0.429 e. The Labute approximate surface area is 101 Å². The summed E-state index contributed by atoms with van der Waals surface area (Å²) in [7, 11) is 2.15. The zero-order chi connectivity index (χ0) is 14.1. The highest BCUT2D eigenvalue weighted by molar-refractivity contribution is 5.90. The van der Waals surface area contributed by atoms with E-state index in [2.05, 4.69) is 16.3 Å². The van der Waals surface area contributed by atoms with Crippen LogP contribution in [0.3, 0.4) is 0 Å². The molecule has 0 bridgehead atoms. The van der Waals surface area contributed by atoms with Gasteiger partial charge in [0.2, 0.25) is 0 Å². The maximum Gasteiger partial charge on any atom is 0.429 e. The Bertz CT molecular complexity index is 481. The van der Waals surface area contributed by atoms with Gasteiger partial charge >= 0.3 is 12.1 Å². The Morgan fingerprint density at radius 2 is 2.11 bits per heavy atom. The molecule has 8 heteroatoms. The summed E-state index contributed by atoms with van der Waals surface area (Å²) < 4.78 is 44.2. The molecule has 0 spiro atoms. The van der Waals surface area contributed by atoms with E-state index in [9.17, 15) is 23.1 Å². The number of nitrogens with zero attached hydrogens (tertiary/aromatic N) is 2. The van der Waals surface area contributed by atoms with Crippen molar-refractivity contribution in [3.63, 3.8) is 0 Å². The van der Waals surface area contributed by atoms with E-state index in [0.717, 1.165) is 17.9 Å². The number of carbonyl (C=O) groups is 1. The lowest BCUT2D eigenvalue weighted by Gasteiger charge is -2.30. The highest BCUT2D eigenvalue weighted by Gasteiger charge is 2.61. The van der Waals surface area contributed by atoms with E-state index in [4.69, 9.17) is 0 Å². The Morgan fingerprint density at radius 1 is 1.56 bits per heavy atom. The number of rotatable bonds is 3. The van der Waals surface area contributed by atoms with E-state index in [1.165, 1.54) is 13.2 Å². The fourth-order valence-electron chi connectivity index (χ4n) is 1.42. The Morgan fingerprint density at radius 3 is 2.44 bits per heavy atom. The highest BCUT2D eigenvalue weighted by Crippen LogP contribution is 2.43. The molecule has 0 aliphatic heterocycles. The minimum Gasteiger partial charge on any atom is -0.466 e. The van der Waals surface area contributed by atoms with Gasteiger partial charge in [0, 0.05) is 19.4 Å². The third kappa shape index (κ3) is 1.99. The molecule has 1 unspecified atom stereocenters. The van der Waals surface area contributed by atoms with E-state index in [1.807, 2.05) is 0 Å². The predicted octanol–water partition coefficient (Wildman–Crippen LogP) is 0.899. The van der Waals surface area contributed by atoms with Crippen molar-refractivity contribution in [2.45, 2.75) is 11.8 Å². The lowest BCUT2D eigenvalue weighted by atomic mass is 9.93. The van der Waals surface area contributed by atoms with Crippen LogP contribution in [0.15, 0.2) is 24.5 Å². The normalized spacial score (nSPS) is 15.0. The number of imidazole rings is 1. The van der Waals surface area contributed by atoms with E-state index < -0.39 is 29.1 Å². The van der Waals surface area contributed by atoms with Crippen molar-refractivity contribution in [2.24, 2.45) is 7.05 Å². The van der Waals surface area contributed by atoms with Crippen molar-refractivity contribution in [3.8, 4) is 0 Å². The first-order valence-corrected chi connectivity index (χ1v) is 4.70. The third-order valence-electron chi connectivity index (χ3n) is 2.42. The fourth-order valence-corrected chi connectivity index (χ4v) is 1.42. The molecule has 0 aliphatic rings. The second kappa shape index (κ2) is 4.45. The van der Waals surface area contributed by atoms with Crippen molar-refractivity contribution < 1.29 is 27.8 Å². The molecule has 0 fully saturated rings. The molecule has 0 amide bonds. The number of halogens is 3. The minimum atomic E-state index is -5.16. The number of methoxy groups -OCH3 is 1. The van der Waals surface area contributed by atoms with E-state index >= 15 is 0 Å².